The number of aliphatic hydroxyl groups excluding tert-OH is 1. The van der Waals surface area contributed by atoms with E-state index in [0.717, 1.165) is 28.0 Å². The third-order valence-electron chi connectivity index (χ3n) is 3.16. The maximum Gasteiger partial charge on any atom is 0.127 e. The van der Waals surface area contributed by atoms with Gasteiger partial charge in [-0.15, -0.1) is 0 Å². The Hall–Kier alpha value is -2.06. The molecule has 0 radical (unpaired) electrons. The fourth-order valence-corrected chi connectivity index (χ4v) is 2.34. The first kappa shape index (κ1) is 11.1. The van der Waals surface area contributed by atoms with Gasteiger partial charge in [-0.1, -0.05) is 48.5 Å². The van der Waals surface area contributed by atoms with E-state index < -0.39 is 0 Å². The summed E-state index contributed by atoms with van der Waals surface area (Å²) in [7, 11) is 0. The van der Waals surface area contributed by atoms with Crippen LogP contribution in [0.2, 0.25) is 0 Å². The number of hydrogen-bond donors (Lipinski definition) is 1. The van der Waals surface area contributed by atoms with Crippen molar-refractivity contribution >= 4 is 5.57 Å². The molecule has 18 heavy (non-hydrogen) atoms. The Morgan fingerprint density at radius 2 is 1.72 bits per heavy atom. The van der Waals surface area contributed by atoms with E-state index >= 15 is 0 Å². The van der Waals surface area contributed by atoms with Gasteiger partial charge in [0.2, 0.25) is 0 Å². The van der Waals surface area contributed by atoms with Crippen molar-refractivity contribution < 1.29 is 9.84 Å². The van der Waals surface area contributed by atoms with E-state index in [1.807, 2.05) is 42.5 Å². The van der Waals surface area contributed by atoms with Gasteiger partial charge in [-0.05, 0) is 22.8 Å². The Bertz CT molecular complexity index is 550. The van der Waals surface area contributed by atoms with Crippen LogP contribution in [-0.4, -0.2) is 11.7 Å². The third kappa shape index (κ3) is 1.81. The van der Waals surface area contributed by atoms with Crippen LogP contribution >= 0.6 is 0 Å². The van der Waals surface area contributed by atoms with Crippen LogP contribution in [0.25, 0.3) is 5.57 Å². The number of rotatable bonds is 1. The molecule has 3 rings (SSSR count). The highest BCUT2D eigenvalue weighted by atomic mass is 16.5. The first-order valence-electron chi connectivity index (χ1n) is 6.01. The Kier molecular flexibility index (Phi) is 2.87. The summed E-state index contributed by atoms with van der Waals surface area (Å²) < 4.78 is 5.83. The Labute approximate surface area is 106 Å². The molecular formula is C16H14O2. The summed E-state index contributed by atoms with van der Waals surface area (Å²) in [5.74, 6) is 0.869. The van der Waals surface area contributed by atoms with Gasteiger partial charge in [0.1, 0.15) is 12.4 Å². The van der Waals surface area contributed by atoms with Crippen molar-refractivity contribution in [1.29, 1.82) is 0 Å². The van der Waals surface area contributed by atoms with Gasteiger partial charge in [-0.25, -0.2) is 0 Å². The molecule has 0 atom stereocenters. The van der Waals surface area contributed by atoms with E-state index in [4.69, 9.17) is 4.74 Å². The summed E-state index contributed by atoms with van der Waals surface area (Å²) in [6.07, 6.45) is 1.84. The van der Waals surface area contributed by atoms with Gasteiger partial charge in [-0.3, -0.25) is 0 Å². The molecule has 1 N–H and O–H groups in total. The summed E-state index contributed by atoms with van der Waals surface area (Å²) in [6, 6.07) is 16.1. The van der Waals surface area contributed by atoms with E-state index in [2.05, 4.69) is 12.1 Å². The first-order valence-corrected chi connectivity index (χ1v) is 6.01. The molecule has 0 fully saturated rings. The standard InChI is InChI=1S/C16H14O2/c17-10-9-14-13-6-2-1-5-12(13)11-18-16-8-4-3-7-15(14)16/h1-9,17H,10-11H2. The highest BCUT2D eigenvalue weighted by Crippen LogP contribution is 2.36. The van der Waals surface area contributed by atoms with Crippen LogP contribution in [0.3, 0.4) is 0 Å². The smallest absolute Gasteiger partial charge is 0.127 e. The van der Waals surface area contributed by atoms with Crippen LogP contribution < -0.4 is 4.74 Å². The molecule has 0 saturated carbocycles. The van der Waals surface area contributed by atoms with Crippen molar-refractivity contribution in [2.45, 2.75) is 6.61 Å². The average molecular weight is 238 g/mol. The van der Waals surface area contributed by atoms with E-state index in [0.29, 0.717) is 6.61 Å². The minimum Gasteiger partial charge on any atom is -0.488 e. The molecule has 0 saturated heterocycles. The summed E-state index contributed by atoms with van der Waals surface area (Å²) in [5, 5.41) is 9.24. The van der Waals surface area contributed by atoms with Crippen molar-refractivity contribution in [3.8, 4) is 5.75 Å². The third-order valence-corrected chi connectivity index (χ3v) is 3.16. The number of fused-ring (bicyclic) bond motifs is 2. The summed E-state index contributed by atoms with van der Waals surface area (Å²) in [4.78, 5) is 0. The van der Waals surface area contributed by atoms with Crippen LogP contribution in [-0.2, 0) is 6.61 Å². The lowest BCUT2D eigenvalue weighted by Crippen LogP contribution is -1.94. The van der Waals surface area contributed by atoms with Gasteiger partial charge < -0.3 is 9.84 Å². The molecule has 2 nitrogen and oxygen atoms in total. The monoisotopic (exact) mass is 238 g/mol. The van der Waals surface area contributed by atoms with E-state index in [9.17, 15) is 5.11 Å². The molecule has 2 heteroatoms. The Morgan fingerprint density at radius 3 is 2.56 bits per heavy atom. The zero-order chi connectivity index (χ0) is 12.4. The highest BCUT2D eigenvalue weighted by molar-refractivity contribution is 5.84. The molecule has 2 aromatic carbocycles. The second-order valence-corrected chi connectivity index (χ2v) is 4.24. The number of para-hydroxylation sites is 1. The topological polar surface area (TPSA) is 29.5 Å². The summed E-state index contributed by atoms with van der Waals surface area (Å²) in [6.45, 7) is 0.591. The quantitative estimate of drug-likeness (QED) is 0.827. The van der Waals surface area contributed by atoms with Crippen LogP contribution in [0.5, 0.6) is 5.75 Å². The molecule has 0 unspecified atom stereocenters. The molecule has 90 valence electrons. The van der Waals surface area contributed by atoms with E-state index in [1.165, 1.54) is 0 Å². The van der Waals surface area contributed by atoms with Gasteiger partial charge in [0.25, 0.3) is 0 Å². The lowest BCUT2D eigenvalue weighted by Gasteiger charge is -2.09. The fourth-order valence-electron chi connectivity index (χ4n) is 2.34. The zero-order valence-corrected chi connectivity index (χ0v) is 9.97. The molecule has 0 aliphatic carbocycles. The minimum atomic E-state index is 0.0258. The zero-order valence-electron chi connectivity index (χ0n) is 9.97. The van der Waals surface area contributed by atoms with Crippen molar-refractivity contribution in [2.24, 2.45) is 0 Å². The molecule has 1 aliphatic rings. The highest BCUT2D eigenvalue weighted by Gasteiger charge is 2.17. The molecule has 0 spiro atoms. The van der Waals surface area contributed by atoms with Gasteiger partial charge in [0, 0.05) is 5.56 Å². The maximum atomic E-state index is 9.24. The lowest BCUT2D eigenvalue weighted by molar-refractivity contribution is 0.307. The SMILES string of the molecule is OCC=C1c2ccccc2COc2ccccc21. The van der Waals surface area contributed by atoms with Gasteiger partial charge in [0.05, 0.1) is 6.61 Å². The molecule has 0 aromatic heterocycles. The van der Waals surface area contributed by atoms with Gasteiger partial charge in [0.15, 0.2) is 0 Å². The predicted octanol–water partition coefficient (Wildman–Crippen LogP) is 3.00. The molecule has 2 aromatic rings. The first-order chi connectivity index (χ1) is 8.90. The number of benzene rings is 2. The lowest BCUT2D eigenvalue weighted by atomic mass is 9.94. The predicted molar refractivity (Wildman–Crippen MR) is 71.4 cm³/mol. The van der Waals surface area contributed by atoms with E-state index in [-0.39, 0.29) is 6.61 Å². The van der Waals surface area contributed by atoms with E-state index in [1.54, 1.807) is 0 Å². The fraction of sp³-hybridized carbons (Fsp3) is 0.125. The van der Waals surface area contributed by atoms with Crippen molar-refractivity contribution in [3.63, 3.8) is 0 Å². The van der Waals surface area contributed by atoms with Crippen molar-refractivity contribution in [1.82, 2.24) is 0 Å². The van der Waals surface area contributed by atoms with Crippen LogP contribution in [0, 0.1) is 0 Å². The van der Waals surface area contributed by atoms with Crippen molar-refractivity contribution in [3.05, 3.63) is 71.3 Å². The normalized spacial score (nSPS) is 15.5. The molecule has 0 bridgehead atoms. The second-order valence-electron chi connectivity index (χ2n) is 4.24. The number of aliphatic hydroxyl groups is 1. The number of hydrogen-bond acceptors (Lipinski definition) is 2. The van der Waals surface area contributed by atoms with Crippen LogP contribution in [0.4, 0.5) is 0 Å². The Morgan fingerprint density at radius 1 is 1.00 bits per heavy atom. The summed E-state index contributed by atoms with van der Waals surface area (Å²) in [5.41, 5.74) is 4.36. The molecular weight excluding hydrogens is 224 g/mol. The maximum absolute atomic E-state index is 9.24. The minimum absolute atomic E-state index is 0.0258. The molecule has 1 aliphatic heterocycles. The van der Waals surface area contributed by atoms with Gasteiger partial charge in [-0.2, -0.15) is 0 Å². The molecule has 0 amide bonds. The van der Waals surface area contributed by atoms with Gasteiger partial charge >= 0.3 is 0 Å². The summed E-state index contributed by atoms with van der Waals surface area (Å²) >= 11 is 0. The average Bonchev–Trinajstić information content (AvgIpc) is 2.58. The van der Waals surface area contributed by atoms with Crippen LogP contribution in [0.15, 0.2) is 54.6 Å². The van der Waals surface area contributed by atoms with Crippen LogP contribution in [0.1, 0.15) is 16.7 Å². The second kappa shape index (κ2) is 4.67. The van der Waals surface area contributed by atoms with Crippen molar-refractivity contribution in [2.75, 3.05) is 6.61 Å². The molecule has 1 heterocycles. The Balaban J connectivity index is 2.25. The largest absolute Gasteiger partial charge is 0.488 e. The number of ether oxygens (including phenoxy) is 1.